The smallest absolute Gasteiger partial charge is 0.223 e. The monoisotopic (exact) mass is 982 g/mol. The summed E-state index contributed by atoms with van der Waals surface area (Å²) < 4.78 is 47.9. The summed E-state index contributed by atoms with van der Waals surface area (Å²) >= 11 is 0. The van der Waals surface area contributed by atoms with E-state index in [-0.39, 0.29) is 25.7 Å². The Hall–Kier alpha value is -1.37. The van der Waals surface area contributed by atoms with Crippen molar-refractivity contribution < 1.29 is 109 Å². The highest BCUT2D eigenvalue weighted by molar-refractivity contribution is 5.78. The van der Waals surface area contributed by atoms with Gasteiger partial charge in [0.25, 0.3) is 0 Å². The van der Waals surface area contributed by atoms with Crippen LogP contribution in [0.5, 0.6) is 0 Å². The number of rotatable bonds is 14. The first-order valence-electron chi connectivity index (χ1n) is 22.6. The highest BCUT2D eigenvalue weighted by Crippen LogP contribution is 2.33. The van der Waals surface area contributed by atoms with Gasteiger partial charge in [0.1, 0.15) is 97.7 Å². The van der Waals surface area contributed by atoms with Crippen LogP contribution in [0.1, 0.15) is 88.5 Å². The predicted molar refractivity (Wildman–Crippen MR) is 237 cm³/mol. The molecule has 20 atom stereocenters. The molecule has 5 fully saturated rings. The van der Waals surface area contributed by atoms with Gasteiger partial charge in [-0.15, -0.1) is 0 Å². The molecule has 0 saturated carbocycles. The average molecular weight is 982 g/mol. The topological polar surface area (TPSA) is 346 Å². The van der Waals surface area contributed by atoms with Gasteiger partial charge in [0.05, 0.1) is 44.2 Å². The van der Waals surface area contributed by atoms with Gasteiger partial charge in [0, 0.05) is 39.8 Å². The van der Waals surface area contributed by atoms with Crippen LogP contribution in [0.25, 0.3) is 0 Å². The first-order valence-corrected chi connectivity index (χ1v) is 22.6. The summed E-state index contributed by atoms with van der Waals surface area (Å²) in [6.07, 6.45) is -21.3. The number of methoxy groups -OCH3 is 3. The molecule has 12 N–H and O–H groups in total. The first-order chi connectivity index (χ1) is 30.8. The lowest BCUT2D eigenvalue weighted by Gasteiger charge is -2.48. The lowest BCUT2D eigenvalue weighted by Crippen LogP contribution is -2.66. The van der Waals surface area contributed by atoms with E-state index in [1.807, 2.05) is 11.8 Å². The van der Waals surface area contributed by atoms with Gasteiger partial charge in [-0.3, -0.25) is 4.79 Å². The van der Waals surface area contributed by atoms with Crippen molar-refractivity contribution in [2.75, 3.05) is 54.3 Å². The molecular formula is C44H87NO22. The summed E-state index contributed by atoms with van der Waals surface area (Å²) in [5, 5.41) is 120. The van der Waals surface area contributed by atoms with E-state index < -0.39 is 135 Å². The number of amides is 1. The maximum atomic E-state index is 11.3. The zero-order chi connectivity index (χ0) is 50.4. The Bertz CT molecular complexity index is 1360. The van der Waals surface area contributed by atoms with Crippen LogP contribution in [0.3, 0.4) is 0 Å². The van der Waals surface area contributed by atoms with E-state index in [0.717, 1.165) is 32.2 Å². The Morgan fingerprint density at radius 3 is 1.39 bits per heavy atom. The minimum atomic E-state index is -1.82. The molecule has 5 saturated heterocycles. The molecule has 0 radical (unpaired) electrons. The predicted octanol–water partition coefficient (Wildman–Crippen LogP) is -3.09. The van der Waals surface area contributed by atoms with Crippen molar-refractivity contribution in [1.82, 2.24) is 4.90 Å². The number of nitrogens with zero attached hydrogens (tertiary/aromatic N) is 1. The Kier molecular flexibility index (Phi) is 27.8. The van der Waals surface area contributed by atoms with Gasteiger partial charge in [0.2, 0.25) is 5.91 Å². The normalized spacial score (nSPS) is 40.3. The number of aliphatic hydroxyl groups excluding tert-OH is 11. The van der Waals surface area contributed by atoms with Gasteiger partial charge in [-0.05, 0) is 60.8 Å². The minimum Gasteiger partial charge on any atom is -0.394 e. The third kappa shape index (κ3) is 17.4. The van der Waals surface area contributed by atoms with Crippen molar-refractivity contribution in [3.05, 3.63) is 0 Å². The molecule has 5 heterocycles. The molecule has 5 aliphatic heterocycles. The molecule has 0 aliphatic carbocycles. The van der Waals surface area contributed by atoms with E-state index in [2.05, 4.69) is 20.8 Å². The molecule has 1 amide bonds. The molecule has 0 aromatic carbocycles. The van der Waals surface area contributed by atoms with Crippen molar-refractivity contribution in [2.45, 2.75) is 222 Å². The number of ether oxygens (including phenoxy) is 9. The lowest BCUT2D eigenvalue weighted by molar-refractivity contribution is -0.372. The zero-order valence-corrected chi connectivity index (χ0v) is 40.3. The van der Waals surface area contributed by atoms with Crippen molar-refractivity contribution in [1.29, 1.82) is 0 Å². The molecule has 23 heteroatoms. The number of hydrogen-bond donors (Lipinski definition) is 12. The Morgan fingerprint density at radius 2 is 0.985 bits per heavy atom. The van der Waals surface area contributed by atoms with Crippen LogP contribution in [0.15, 0.2) is 0 Å². The van der Waals surface area contributed by atoms with Crippen LogP contribution in [0, 0.1) is 0 Å². The fourth-order valence-corrected chi connectivity index (χ4v) is 7.61. The van der Waals surface area contributed by atoms with Gasteiger partial charge in [0.15, 0.2) is 12.6 Å². The Labute approximate surface area is 395 Å². The van der Waals surface area contributed by atoms with Crippen LogP contribution in [0.2, 0.25) is 0 Å². The summed E-state index contributed by atoms with van der Waals surface area (Å²) in [7, 11) is 4.36. The van der Waals surface area contributed by atoms with E-state index in [1.54, 1.807) is 27.9 Å². The molecule has 8 unspecified atom stereocenters. The highest BCUT2D eigenvalue weighted by atomic mass is 16.7. The minimum absolute atomic E-state index is 0. The first kappa shape index (κ1) is 63.6. The SMILES string of the molecule is C.CCC(C)(C)N1CCCC1=O.CCC(C)(C)O.COCC1O[C@@H](C)C(O)[C@@H](O)[C@@H]1OC.COCC1O[C@@H](O[C@@H]2C(CO)O[C@@H](O[C@@H]3C(CO)O[C@@H](C)[C@@H](O)C3O)C(O)[C@H]2O)C(O)[C@@H](O)[C@@H]1O. The highest BCUT2D eigenvalue weighted by Gasteiger charge is 2.53. The van der Waals surface area contributed by atoms with Crippen molar-refractivity contribution in [3.8, 4) is 0 Å². The summed E-state index contributed by atoms with van der Waals surface area (Å²) in [5.74, 6) is 0.330. The fraction of sp³-hybridized carbons (Fsp3) is 0.977. The molecule has 400 valence electrons. The maximum Gasteiger partial charge on any atom is 0.223 e. The summed E-state index contributed by atoms with van der Waals surface area (Å²) in [6.45, 7) is 15.0. The average Bonchev–Trinajstić information content (AvgIpc) is 3.73. The number of hydrogen-bond acceptors (Lipinski definition) is 22. The van der Waals surface area contributed by atoms with Crippen molar-refractivity contribution >= 4 is 5.91 Å². The van der Waals surface area contributed by atoms with Crippen molar-refractivity contribution in [2.24, 2.45) is 0 Å². The second-order valence-corrected chi connectivity index (χ2v) is 18.4. The van der Waals surface area contributed by atoms with Crippen LogP contribution in [-0.2, 0) is 47.4 Å². The molecule has 67 heavy (non-hydrogen) atoms. The van der Waals surface area contributed by atoms with Crippen LogP contribution in [0.4, 0.5) is 0 Å². The number of carbonyl (C=O) groups is 1. The van der Waals surface area contributed by atoms with Gasteiger partial charge < -0.3 is 109 Å². The number of carbonyl (C=O) groups excluding carboxylic acids is 1. The second-order valence-electron chi connectivity index (χ2n) is 18.4. The van der Waals surface area contributed by atoms with Crippen LogP contribution < -0.4 is 0 Å². The van der Waals surface area contributed by atoms with Gasteiger partial charge in [-0.2, -0.15) is 0 Å². The maximum absolute atomic E-state index is 11.3. The molecule has 0 aromatic heterocycles. The van der Waals surface area contributed by atoms with E-state index >= 15 is 0 Å². The quantitative estimate of drug-likeness (QED) is 0.0821. The van der Waals surface area contributed by atoms with E-state index in [9.17, 15) is 61.0 Å². The standard InChI is InChI=1S/C20H36O15.C9H17NO.C9H18O5.C5H12O.CH4/c1-6-10(23)13(26)17(7(3-21)31-6)34-20-16(29)14(27)18(8(4-22)32-20)35-19-15(28)12(25)11(24)9(33-19)5-30-2;1-4-9(2,3)10-7-5-6-8(10)11;1-5-7(10)8(11)9(13-3)6(14-5)4-12-2;1-4-5(2,3)6;/h6-29H,3-5H2,1-2H3;4-7H2,1-3H3;5-11H,4H2,1-3H3;6H,4H2,1-3H3;1H4/t6-,7?,8?,9?,10+,11+,12-,13?,14+,15?,16?,17+,18+,19-,20-;;5-,6?,7?,8+,9+;;/m0.0../s1. The molecule has 0 aromatic rings. The van der Waals surface area contributed by atoms with Gasteiger partial charge in [-0.25, -0.2) is 0 Å². The van der Waals surface area contributed by atoms with E-state index in [0.29, 0.717) is 12.5 Å². The molecule has 5 aliphatic rings. The Morgan fingerprint density at radius 1 is 0.582 bits per heavy atom. The molecule has 5 rings (SSSR count). The lowest BCUT2D eigenvalue weighted by atomic mass is 9.94. The van der Waals surface area contributed by atoms with E-state index in [4.69, 9.17) is 47.7 Å². The van der Waals surface area contributed by atoms with Crippen LogP contribution in [-0.4, -0.2) is 260 Å². The third-order valence-corrected chi connectivity index (χ3v) is 12.6. The summed E-state index contributed by atoms with van der Waals surface area (Å²) in [5.41, 5.74) is -0.381. The Balaban J connectivity index is 0.000000569. The summed E-state index contributed by atoms with van der Waals surface area (Å²) in [6, 6.07) is 0. The molecular weight excluding hydrogens is 894 g/mol. The second kappa shape index (κ2) is 29.2. The van der Waals surface area contributed by atoms with E-state index in [1.165, 1.54) is 21.1 Å². The summed E-state index contributed by atoms with van der Waals surface area (Å²) in [4.78, 5) is 13.3. The van der Waals surface area contributed by atoms with Gasteiger partial charge >= 0.3 is 0 Å². The fourth-order valence-electron chi connectivity index (χ4n) is 7.61. The molecule has 0 spiro atoms. The van der Waals surface area contributed by atoms with Crippen molar-refractivity contribution in [3.63, 3.8) is 0 Å². The molecule has 0 bridgehead atoms. The zero-order valence-electron chi connectivity index (χ0n) is 40.3. The largest absolute Gasteiger partial charge is 0.394 e. The van der Waals surface area contributed by atoms with Crippen LogP contribution >= 0.6 is 0 Å². The van der Waals surface area contributed by atoms with Gasteiger partial charge in [-0.1, -0.05) is 21.3 Å². The third-order valence-electron chi connectivity index (χ3n) is 12.6. The number of aliphatic hydroxyl groups is 12. The molecule has 23 nitrogen and oxygen atoms in total. The number of likely N-dealkylation sites (tertiary alicyclic amines) is 1.